The molecule has 0 atom stereocenters. The summed E-state index contributed by atoms with van der Waals surface area (Å²) in [5.41, 5.74) is 2.16. The number of hydrogen-bond donors (Lipinski definition) is 2. The molecule has 0 bridgehead atoms. The second-order valence-corrected chi connectivity index (χ2v) is 14.5. The minimum atomic E-state index is -0.933. The zero-order chi connectivity index (χ0) is 29.5. The lowest BCUT2D eigenvalue weighted by Gasteiger charge is -2.58. The van der Waals surface area contributed by atoms with Crippen molar-refractivity contribution >= 4 is 22.2 Å². The van der Waals surface area contributed by atoms with Crippen LogP contribution in [0.1, 0.15) is 93.1 Å². The fraction of sp³-hybridized carbons (Fsp3) is 0.514. The Hall–Kier alpha value is -3.65. The smallest absolute Gasteiger partial charge is 0.258 e. The Kier molecular flexibility index (Phi) is 6.06. The number of ether oxygens (including phenoxy) is 1. The van der Waals surface area contributed by atoms with Gasteiger partial charge in [-0.15, -0.1) is 0 Å². The van der Waals surface area contributed by atoms with Gasteiger partial charge < -0.3 is 19.7 Å². The first-order valence-corrected chi connectivity index (χ1v) is 15.9. The molecule has 3 aromatic heterocycles. The highest BCUT2D eigenvalue weighted by atomic mass is 16.5. The van der Waals surface area contributed by atoms with Crippen LogP contribution in [-0.4, -0.2) is 43.4 Å². The van der Waals surface area contributed by atoms with E-state index in [4.69, 9.17) is 4.74 Å². The normalized spacial score (nSPS) is 25.2. The molecule has 0 saturated heterocycles. The summed E-state index contributed by atoms with van der Waals surface area (Å²) in [7, 11) is 0. The van der Waals surface area contributed by atoms with Crippen LogP contribution in [-0.2, 0) is 0 Å². The Bertz CT molecular complexity index is 1770. The number of benzene rings is 1. The van der Waals surface area contributed by atoms with Gasteiger partial charge in [0, 0.05) is 23.7 Å². The van der Waals surface area contributed by atoms with E-state index in [1.807, 2.05) is 18.2 Å². The number of carbonyl (C=O) groups is 1. The van der Waals surface area contributed by atoms with Crippen LogP contribution >= 0.6 is 0 Å². The molecule has 4 aromatic rings. The largest absolute Gasteiger partial charge is 0.489 e. The fourth-order valence-corrected chi connectivity index (χ4v) is 7.98. The zero-order valence-electron chi connectivity index (χ0n) is 25.0. The van der Waals surface area contributed by atoms with Crippen LogP contribution in [0.4, 0.5) is 0 Å². The lowest BCUT2D eigenvalue weighted by molar-refractivity contribution is -0.0185. The van der Waals surface area contributed by atoms with E-state index in [1.165, 1.54) is 31.2 Å². The Balaban J connectivity index is 0.936. The van der Waals surface area contributed by atoms with Crippen LogP contribution in [0.5, 0.6) is 5.75 Å². The number of pyridine rings is 2. The summed E-state index contributed by atoms with van der Waals surface area (Å²) in [5, 5.41) is 19.5. The second-order valence-electron chi connectivity index (χ2n) is 14.5. The summed E-state index contributed by atoms with van der Waals surface area (Å²) in [5.74, 6) is 2.29. The predicted molar refractivity (Wildman–Crippen MR) is 165 cm³/mol. The van der Waals surface area contributed by atoms with E-state index in [0.29, 0.717) is 35.1 Å². The van der Waals surface area contributed by atoms with Crippen molar-refractivity contribution in [3.05, 3.63) is 76.5 Å². The van der Waals surface area contributed by atoms with E-state index in [2.05, 4.69) is 33.3 Å². The lowest BCUT2D eigenvalue weighted by Crippen LogP contribution is -2.55. The third-order valence-electron chi connectivity index (χ3n) is 10.3. The summed E-state index contributed by atoms with van der Waals surface area (Å²) in [6.45, 7) is 3.55. The van der Waals surface area contributed by atoms with Gasteiger partial charge in [0.1, 0.15) is 12.4 Å². The van der Waals surface area contributed by atoms with Gasteiger partial charge >= 0.3 is 0 Å². The topological polar surface area (TPSA) is 97.9 Å². The standard InChI is InChI=1S/C35H40N4O4/c1-34(2,42)20-43-25-11-12-30-28(17-36-39(30)18-25)32(40)37-24-15-35(16-24)13-23(14-35)29-19-38(31(21-7-8-21)22-9-10-22)33(41)27-6-4-3-5-26(27)29/h3-6,11-12,17-19,21-24,31,42H,7-10,13-16,20H2,1-2H3,(H,37,40). The van der Waals surface area contributed by atoms with E-state index >= 15 is 0 Å². The summed E-state index contributed by atoms with van der Waals surface area (Å²) in [6, 6.07) is 12.4. The Morgan fingerprint density at radius 3 is 2.42 bits per heavy atom. The van der Waals surface area contributed by atoms with Crippen molar-refractivity contribution in [2.45, 2.75) is 88.8 Å². The molecule has 0 unspecified atom stereocenters. The molecule has 1 aromatic carbocycles. The van der Waals surface area contributed by atoms with E-state index in [0.717, 1.165) is 42.0 Å². The van der Waals surface area contributed by atoms with Crippen molar-refractivity contribution in [3.63, 3.8) is 0 Å². The molecule has 1 amide bonds. The molecule has 0 aliphatic heterocycles. The van der Waals surface area contributed by atoms with Crippen molar-refractivity contribution in [2.75, 3.05) is 6.61 Å². The molecule has 4 fully saturated rings. The maximum atomic E-state index is 13.6. The van der Waals surface area contributed by atoms with Crippen LogP contribution in [0.15, 0.2) is 59.8 Å². The number of fused-ring (bicyclic) bond motifs is 2. The first-order chi connectivity index (χ1) is 20.7. The van der Waals surface area contributed by atoms with Crippen molar-refractivity contribution in [1.29, 1.82) is 0 Å². The van der Waals surface area contributed by atoms with Gasteiger partial charge in [-0.25, -0.2) is 4.52 Å². The van der Waals surface area contributed by atoms with E-state index in [1.54, 1.807) is 36.8 Å². The summed E-state index contributed by atoms with van der Waals surface area (Å²) in [6.07, 6.45) is 14.8. The highest BCUT2D eigenvalue weighted by molar-refractivity contribution is 6.00. The van der Waals surface area contributed by atoms with Gasteiger partial charge in [-0.05, 0) is 118 Å². The van der Waals surface area contributed by atoms with Crippen LogP contribution in [0.2, 0.25) is 0 Å². The van der Waals surface area contributed by atoms with Crippen LogP contribution in [0.3, 0.4) is 0 Å². The molecule has 224 valence electrons. The van der Waals surface area contributed by atoms with Crippen molar-refractivity contribution in [1.82, 2.24) is 19.5 Å². The van der Waals surface area contributed by atoms with E-state index in [9.17, 15) is 14.7 Å². The maximum Gasteiger partial charge on any atom is 0.258 e. The first-order valence-electron chi connectivity index (χ1n) is 15.9. The highest BCUT2D eigenvalue weighted by Crippen LogP contribution is 2.62. The van der Waals surface area contributed by atoms with Gasteiger partial charge in [-0.2, -0.15) is 5.10 Å². The van der Waals surface area contributed by atoms with Crippen LogP contribution in [0.25, 0.3) is 16.3 Å². The molecule has 1 spiro atoms. The number of nitrogens with one attached hydrogen (secondary N) is 1. The number of aliphatic hydroxyl groups is 1. The third kappa shape index (κ3) is 4.93. The Labute approximate surface area is 251 Å². The van der Waals surface area contributed by atoms with Crippen LogP contribution in [0, 0.1) is 17.3 Å². The molecule has 43 heavy (non-hydrogen) atoms. The van der Waals surface area contributed by atoms with Gasteiger partial charge in [0.15, 0.2) is 0 Å². The minimum Gasteiger partial charge on any atom is -0.489 e. The number of amides is 1. The summed E-state index contributed by atoms with van der Waals surface area (Å²) >= 11 is 0. The van der Waals surface area contributed by atoms with Crippen LogP contribution < -0.4 is 15.6 Å². The molecular formula is C35H40N4O4. The van der Waals surface area contributed by atoms with Gasteiger partial charge in [-0.1, -0.05) is 18.2 Å². The molecule has 0 radical (unpaired) electrons. The van der Waals surface area contributed by atoms with Gasteiger partial charge in [0.05, 0.1) is 29.1 Å². The molecule has 2 N–H and O–H groups in total. The average molecular weight is 581 g/mol. The number of hydrogen-bond acceptors (Lipinski definition) is 5. The molecule has 8 rings (SSSR count). The maximum absolute atomic E-state index is 13.6. The van der Waals surface area contributed by atoms with Crippen molar-refractivity contribution < 1.29 is 14.6 Å². The SMILES string of the molecule is CC(C)(O)COc1ccc2c(C(=O)NC3CC4(C3)CC(c3cn(C(C5CC5)C5CC5)c(=O)c5ccccc35)C4)cnn2c1. The quantitative estimate of drug-likeness (QED) is 0.268. The number of nitrogens with zero attached hydrogens (tertiary/aromatic N) is 3. The average Bonchev–Trinajstić information content (AvgIpc) is 3.88. The number of rotatable bonds is 9. The highest BCUT2D eigenvalue weighted by Gasteiger charge is 2.54. The van der Waals surface area contributed by atoms with E-state index in [-0.39, 0.29) is 29.5 Å². The second kappa shape index (κ2) is 9.68. The summed E-state index contributed by atoms with van der Waals surface area (Å²) in [4.78, 5) is 26.8. The molecule has 8 nitrogen and oxygen atoms in total. The monoisotopic (exact) mass is 580 g/mol. The number of aromatic nitrogens is 3. The lowest BCUT2D eigenvalue weighted by atomic mass is 9.49. The fourth-order valence-electron chi connectivity index (χ4n) is 7.98. The third-order valence-corrected chi connectivity index (χ3v) is 10.3. The molecule has 8 heteroatoms. The Morgan fingerprint density at radius 1 is 1.05 bits per heavy atom. The van der Waals surface area contributed by atoms with E-state index < -0.39 is 5.60 Å². The zero-order valence-corrected chi connectivity index (χ0v) is 25.0. The van der Waals surface area contributed by atoms with Crippen molar-refractivity contribution in [3.8, 4) is 5.75 Å². The minimum absolute atomic E-state index is 0.0971. The Morgan fingerprint density at radius 2 is 1.74 bits per heavy atom. The molecule has 4 aliphatic carbocycles. The first kappa shape index (κ1) is 26.9. The summed E-state index contributed by atoms with van der Waals surface area (Å²) < 4.78 is 9.45. The van der Waals surface area contributed by atoms with Gasteiger partial charge in [0.2, 0.25) is 0 Å². The van der Waals surface area contributed by atoms with Gasteiger partial charge in [-0.3, -0.25) is 9.59 Å². The van der Waals surface area contributed by atoms with Crippen molar-refractivity contribution in [2.24, 2.45) is 17.3 Å². The molecule has 4 aliphatic rings. The number of carbonyl (C=O) groups excluding carboxylic acids is 1. The molecular weight excluding hydrogens is 540 g/mol. The molecule has 3 heterocycles. The van der Waals surface area contributed by atoms with Gasteiger partial charge in [0.25, 0.3) is 11.5 Å². The predicted octanol–water partition coefficient (Wildman–Crippen LogP) is 5.62. The molecule has 4 saturated carbocycles.